The molecule has 0 aromatic heterocycles. The van der Waals surface area contributed by atoms with E-state index in [0.717, 1.165) is 4.90 Å². The van der Waals surface area contributed by atoms with Crippen molar-refractivity contribution >= 4 is 32.5 Å². The Kier molecular flexibility index (Phi) is 9.88. The Labute approximate surface area is 159 Å². The van der Waals surface area contributed by atoms with Gasteiger partial charge in [-0.2, -0.15) is 0 Å². The van der Waals surface area contributed by atoms with Gasteiger partial charge < -0.3 is 23.1 Å². The normalized spacial score (nSPS) is 12.6. The van der Waals surface area contributed by atoms with Gasteiger partial charge >= 0.3 is 20.7 Å². The molecule has 1 rings (SSSR count). The Morgan fingerprint density at radius 2 is 1.69 bits per heavy atom. The van der Waals surface area contributed by atoms with Crippen molar-refractivity contribution in [2.75, 3.05) is 33.7 Å². The highest BCUT2D eigenvalue weighted by Gasteiger charge is 2.37. The molecule has 0 fully saturated rings. The highest BCUT2D eigenvalue weighted by Crippen LogP contribution is 2.22. The predicted octanol–water partition coefficient (Wildman–Crippen LogP) is 2.92. The largest absolute Gasteiger partial charge is 0.500 e. The molecule has 0 aliphatic heterocycles. The van der Waals surface area contributed by atoms with E-state index in [0.29, 0.717) is 18.2 Å². The van der Waals surface area contributed by atoms with Gasteiger partial charge in [0.1, 0.15) is 0 Å². The zero-order chi connectivity index (χ0) is 19.6. The summed E-state index contributed by atoms with van der Waals surface area (Å²) < 4.78 is 21.2. The second-order valence-corrected chi connectivity index (χ2v) is 9.79. The maximum absolute atomic E-state index is 12.0. The van der Waals surface area contributed by atoms with Gasteiger partial charge in [0.25, 0.3) is 0 Å². The van der Waals surface area contributed by atoms with Crippen LogP contribution in [0.2, 0.25) is 6.04 Å². The molecule has 0 amide bonds. The van der Waals surface area contributed by atoms with Gasteiger partial charge in [-0.1, -0.05) is 6.92 Å². The number of carbonyl (C=O) groups is 2. The monoisotopic (exact) mass is 402 g/mol. The third-order valence-electron chi connectivity index (χ3n) is 3.81. The van der Waals surface area contributed by atoms with E-state index in [1.807, 2.05) is 0 Å². The molecule has 146 valence electrons. The molecule has 1 aromatic carbocycles. The summed E-state index contributed by atoms with van der Waals surface area (Å²) in [6, 6.07) is 7.13. The van der Waals surface area contributed by atoms with Gasteiger partial charge in [-0.15, -0.1) is 11.8 Å². The second-order valence-electron chi connectivity index (χ2n) is 5.61. The number of carboxylic acids is 1. The zero-order valence-corrected chi connectivity index (χ0v) is 17.3. The van der Waals surface area contributed by atoms with Crippen molar-refractivity contribution in [3.05, 3.63) is 29.8 Å². The summed E-state index contributed by atoms with van der Waals surface area (Å²) in [5.74, 6) is -0.938. The van der Waals surface area contributed by atoms with Crippen molar-refractivity contribution < 1.29 is 32.7 Å². The first-order valence-corrected chi connectivity index (χ1v) is 11.1. The van der Waals surface area contributed by atoms with Crippen molar-refractivity contribution in [1.82, 2.24) is 0 Å². The molecule has 0 saturated carbocycles. The van der Waals surface area contributed by atoms with Gasteiger partial charge in [0.05, 0.1) is 18.1 Å². The van der Waals surface area contributed by atoms with Crippen LogP contribution in [0.1, 0.15) is 23.7 Å². The van der Waals surface area contributed by atoms with Crippen LogP contribution in [0.3, 0.4) is 0 Å². The molecule has 0 spiro atoms. The summed E-state index contributed by atoms with van der Waals surface area (Å²) in [5, 5.41) is 8.88. The first-order chi connectivity index (χ1) is 12.4. The van der Waals surface area contributed by atoms with E-state index in [4.69, 9.17) is 23.1 Å². The maximum atomic E-state index is 12.0. The Morgan fingerprint density at radius 1 is 1.12 bits per heavy atom. The molecular formula is C17H26O7SSi. The lowest BCUT2D eigenvalue weighted by atomic mass is 10.2. The average molecular weight is 403 g/mol. The molecule has 0 bridgehead atoms. The molecule has 7 nitrogen and oxygen atoms in total. The number of thioether (sulfide) groups is 1. The number of hydrogen-bond acceptors (Lipinski definition) is 7. The third-order valence-corrected chi connectivity index (χ3v) is 7.91. The zero-order valence-electron chi connectivity index (χ0n) is 15.5. The molecular weight excluding hydrogens is 376 g/mol. The van der Waals surface area contributed by atoms with Crippen LogP contribution in [-0.2, 0) is 22.8 Å². The Morgan fingerprint density at radius 3 is 2.19 bits per heavy atom. The van der Waals surface area contributed by atoms with Crippen LogP contribution in [-0.4, -0.2) is 59.5 Å². The summed E-state index contributed by atoms with van der Waals surface area (Å²) >= 11 is 1.48. The molecule has 26 heavy (non-hydrogen) atoms. The number of aromatic carboxylic acids is 1. The van der Waals surface area contributed by atoms with Crippen molar-refractivity contribution in [2.24, 2.45) is 5.92 Å². The first kappa shape index (κ1) is 22.6. The first-order valence-electron chi connectivity index (χ1n) is 8.15. The Balaban J connectivity index is 2.33. The molecule has 0 heterocycles. The van der Waals surface area contributed by atoms with Crippen molar-refractivity contribution in [3.63, 3.8) is 0 Å². The van der Waals surface area contributed by atoms with Crippen LogP contribution >= 0.6 is 11.8 Å². The van der Waals surface area contributed by atoms with Crippen LogP contribution in [0.4, 0.5) is 0 Å². The van der Waals surface area contributed by atoms with E-state index in [-0.39, 0.29) is 24.1 Å². The summed E-state index contributed by atoms with van der Waals surface area (Å²) in [7, 11) is 2.02. The minimum Gasteiger partial charge on any atom is -0.478 e. The maximum Gasteiger partial charge on any atom is 0.500 e. The topological polar surface area (TPSA) is 91.3 Å². The van der Waals surface area contributed by atoms with Crippen molar-refractivity contribution in [3.8, 4) is 0 Å². The minimum atomic E-state index is -2.63. The molecule has 0 radical (unpaired) electrons. The van der Waals surface area contributed by atoms with E-state index < -0.39 is 14.8 Å². The van der Waals surface area contributed by atoms with Gasteiger partial charge in [0, 0.05) is 38.0 Å². The Bertz CT molecular complexity index is 567. The SMILES string of the molecule is CO[Si](CCCOC(=O)C(C)CSc1ccc(C(=O)O)cc1)(OC)OC. The van der Waals surface area contributed by atoms with E-state index in [9.17, 15) is 9.59 Å². The summed E-state index contributed by atoms with van der Waals surface area (Å²) in [6.07, 6.45) is 0.601. The lowest BCUT2D eigenvalue weighted by Gasteiger charge is -2.24. The minimum absolute atomic E-state index is 0.240. The standard InChI is InChI=1S/C17H26O7SSi/c1-13(12-25-15-8-6-14(7-9-15)16(18)19)17(20)24-10-5-11-26(21-2,22-3)23-4/h6-9,13H,5,10-12H2,1-4H3,(H,18,19). The number of ether oxygens (including phenoxy) is 1. The van der Waals surface area contributed by atoms with Crippen LogP contribution in [0.5, 0.6) is 0 Å². The fourth-order valence-corrected chi connectivity index (χ4v) is 4.74. The number of esters is 1. The van der Waals surface area contributed by atoms with E-state index in [1.54, 1.807) is 52.5 Å². The molecule has 1 N–H and O–H groups in total. The second kappa shape index (κ2) is 11.3. The smallest absolute Gasteiger partial charge is 0.478 e. The lowest BCUT2D eigenvalue weighted by Crippen LogP contribution is -2.42. The number of hydrogen-bond donors (Lipinski definition) is 1. The lowest BCUT2D eigenvalue weighted by molar-refractivity contribution is -0.147. The molecule has 0 aliphatic carbocycles. The molecule has 1 aromatic rings. The van der Waals surface area contributed by atoms with E-state index in [2.05, 4.69) is 0 Å². The van der Waals surface area contributed by atoms with Gasteiger partial charge in [-0.3, -0.25) is 4.79 Å². The Hall–Kier alpha value is -1.39. The van der Waals surface area contributed by atoms with Gasteiger partial charge in [-0.25, -0.2) is 4.79 Å². The van der Waals surface area contributed by atoms with E-state index >= 15 is 0 Å². The fraction of sp³-hybridized carbons (Fsp3) is 0.529. The van der Waals surface area contributed by atoms with Crippen LogP contribution < -0.4 is 0 Å². The highest BCUT2D eigenvalue weighted by atomic mass is 32.2. The number of carboxylic acid groups (broad SMARTS) is 1. The van der Waals surface area contributed by atoms with Gasteiger partial charge in [-0.05, 0) is 30.7 Å². The summed E-state index contributed by atoms with van der Waals surface area (Å²) in [4.78, 5) is 23.8. The van der Waals surface area contributed by atoms with Crippen molar-refractivity contribution in [1.29, 1.82) is 0 Å². The molecule has 9 heteroatoms. The highest BCUT2D eigenvalue weighted by molar-refractivity contribution is 7.99. The number of carbonyl (C=O) groups excluding carboxylic acids is 1. The van der Waals surface area contributed by atoms with Crippen LogP contribution in [0.25, 0.3) is 0 Å². The summed E-state index contributed by atoms with van der Waals surface area (Å²) in [5.41, 5.74) is 0.240. The van der Waals surface area contributed by atoms with E-state index in [1.165, 1.54) is 11.8 Å². The molecule has 0 saturated heterocycles. The summed E-state index contributed by atoms with van der Waals surface area (Å²) in [6.45, 7) is 2.09. The third kappa shape index (κ3) is 7.08. The number of rotatable bonds is 12. The average Bonchev–Trinajstić information content (AvgIpc) is 2.67. The quantitative estimate of drug-likeness (QED) is 0.247. The fourth-order valence-electron chi connectivity index (χ4n) is 2.14. The number of benzene rings is 1. The van der Waals surface area contributed by atoms with Crippen LogP contribution in [0.15, 0.2) is 29.2 Å². The molecule has 1 unspecified atom stereocenters. The van der Waals surface area contributed by atoms with Crippen molar-refractivity contribution in [2.45, 2.75) is 24.3 Å². The van der Waals surface area contributed by atoms with Gasteiger partial charge in [0.15, 0.2) is 0 Å². The van der Waals surface area contributed by atoms with Crippen LogP contribution in [0, 0.1) is 5.92 Å². The molecule has 1 atom stereocenters. The molecule has 0 aliphatic rings. The van der Waals surface area contributed by atoms with Gasteiger partial charge in [0.2, 0.25) is 0 Å². The predicted molar refractivity (Wildman–Crippen MR) is 100 cm³/mol.